The molecule has 0 unspecified atom stereocenters. The first-order chi connectivity index (χ1) is 28.0. The van der Waals surface area contributed by atoms with Crippen LogP contribution in [-0.2, 0) is 10.8 Å². The summed E-state index contributed by atoms with van der Waals surface area (Å²) in [6.07, 6.45) is 26.4. The van der Waals surface area contributed by atoms with E-state index in [-0.39, 0.29) is 10.8 Å². The summed E-state index contributed by atoms with van der Waals surface area (Å²) in [5.74, 6) is 0. The van der Waals surface area contributed by atoms with E-state index in [0.29, 0.717) is 0 Å². The molecule has 0 aliphatic heterocycles. The Balaban J connectivity index is 1.22. The van der Waals surface area contributed by atoms with Crippen molar-refractivity contribution in [3.8, 4) is 11.1 Å². The van der Waals surface area contributed by atoms with Gasteiger partial charge in [-0.2, -0.15) is 0 Å². The highest BCUT2D eigenvalue weighted by atomic mass is 15.2. The summed E-state index contributed by atoms with van der Waals surface area (Å²) in [4.78, 5) is 2.60. The number of hydrogen-bond donors (Lipinski definition) is 0. The van der Waals surface area contributed by atoms with E-state index in [1.165, 1.54) is 89.3 Å². The maximum atomic E-state index is 2.60. The summed E-state index contributed by atoms with van der Waals surface area (Å²) in [6.45, 7) is 9.41. The summed E-state index contributed by atoms with van der Waals surface area (Å²) >= 11 is 0. The van der Waals surface area contributed by atoms with Crippen LogP contribution in [-0.4, -0.2) is 0 Å². The quantitative estimate of drug-likeness (QED) is 0.168. The maximum Gasteiger partial charge on any atom is 0.0540 e. The van der Waals surface area contributed by atoms with Crippen LogP contribution in [0.5, 0.6) is 0 Å². The van der Waals surface area contributed by atoms with Gasteiger partial charge in [-0.15, -0.1) is 0 Å². The molecule has 5 aromatic rings. The maximum absolute atomic E-state index is 2.60. The average Bonchev–Trinajstić information content (AvgIpc) is 3.52. The number of fused-ring (bicyclic) bond motifs is 11. The van der Waals surface area contributed by atoms with Crippen LogP contribution in [0.25, 0.3) is 27.8 Å². The number of anilines is 2. The number of hydrogen-bond acceptors (Lipinski definition) is 1. The largest absolute Gasteiger partial charge is 0.310 e. The van der Waals surface area contributed by atoms with Gasteiger partial charge in [-0.25, -0.2) is 0 Å². The molecule has 5 aliphatic carbocycles. The first kappa shape index (κ1) is 35.2. The van der Waals surface area contributed by atoms with Crippen LogP contribution >= 0.6 is 0 Å². The second kappa shape index (κ2) is 13.8. The van der Waals surface area contributed by atoms with Crippen molar-refractivity contribution in [2.45, 2.75) is 64.2 Å². The fourth-order valence-corrected chi connectivity index (χ4v) is 10.6. The number of nitrogens with zero attached hydrogens (tertiary/aromatic N) is 1. The molecule has 0 aromatic heterocycles. The average molecular weight is 736 g/mol. The minimum atomic E-state index is -0.255. The molecule has 0 atom stereocenters. The highest BCUT2D eigenvalue weighted by molar-refractivity contribution is 5.98. The van der Waals surface area contributed by atoms with Crippen molar-refractivity contribution in [2.24, 2.45) is 0 Å². The van der Waals surface area contributed by atoms with Crippen LogP contribution in [0.1, 0.15) is 92.3 Å². The van der Waals surface area contributed by atoms with Gasteiger partial charge in [0, 0.05) is 27.9 Å². The van der Waals surface area contributed by atoms with E-state index in [9.17, 15) is 0 Å². The molecule has 5 aromatic carbocycles. The Labute approximate surface area is 338 Å². The molecule has 57 heavy (non-hydrogen) atoms. The molecule has 278 valence electrons. The van der Waals surface area contributed by atoms with Gasteiger partial charge in [-0.1, -0.05) is 190 Å². The Morgan fingerprint density at radius 3 is 2.04 bits per heavy atom. The second-order valence-corrected chi connectivity index (χ2v) is 16.6. The Bertz CT molecular complexity index is 2670. The molecule has 0 radical (unpaired) electrons. The number of benzene rings is 5. The summed E-state index contributed by atoms with van der Waals surface area (Å²) in [5.41, 5.74) is 22.5. The van der Waals surface area contributed by atoms with Gasteiger partial charge in [-0.05, 0) is 106 Å². The van der Waals surface area contributed by atoms with Gasteiger partial charge in [0.25, 0.3) is 0 Å². The molecular weight excluding hydrogens is 687 g/mol. The topological polar surface area (TPSA) is 3.24 Å². The third-order valence-electron chi connectivity index (χ3n) is 13.4. The van der Waals surface area contributed by atoms with E-state index in [2.05, 4.69) is 209 Å². The lowest BCUT2D eigenvalue weighted by Gasteiger charge is -2.43. The first-order valence-corrected chi connectivity index (χ1v) is 20.8. The Hall–Kier alpha value is -6.18. The van der Waals surface area contributed by atoms with Crippen LogP contribution in [0, 0.1) is 0 Å². The van der Waals surface area contributed by atoms with Crippen molar-refractivity contribution in [1.29, 1.82) is 0 Å². The van der Waals surface area contributed by atoms with Crippen LogP contribution in [0.4, 0.5) is 11.4 Å². The van der Waals surface area contributed by atoms with E-state index in [4.69, 9.17) is 0 Å². The Morgan fingerprint density at radius 1 is 0.684 bits per heavy atom. The van der Waals surface area contributed by atoms with Crippen LogP contribution in [0.15, 0.2) is 193 Å². The lowest BCUT2D eigenvalue weighted by molar-refractivity contribution is 0.598. The summed E-state index contributed by atoms with van der Waals surface area (Å²) < 4.78 is 0. The zero-order chi connectivity index (χ0) is 38.7. The first-order valence-electron chi connectivity index (χ1n) is 20.8. The smallest absolute Gasteiger partial charge is 0.0540 e. The van der Waals surface area contributed by atoms with E-state index in [0.717, 1.165) is 31.4 Å². The van der Waals surface area contributed by atoms with E-state index in [1.54, 1.807) is 0 Å². The fourth-order valence-electron chi connectivity index (χ4n) is 10.6. The SMILES string of the molecule is C/C=C(\C1=C(CC)CC2(c3ccccc31)c1ccccc1-c1ccccc12)N(c1ccc(C2=CCC=CC=C2)cc1)c1cccc2c1C1=CC=CC=C(C1)C2(C)C. The normalized spacial score (nSPS) is 18.1. The van der Waals surface area contributed by atoms with Gasteiger partial charge in [0.2, 0.25) is 0 Å². The lowest BCUT2D eigenvalue weighted by atomic mass is 9.62. The van der Waals surface area contributed by atoms with Crippen molar-refractivity contribution in [3.63, 3.8) is 0 Å². The minimum Gasteiger partial charge on any atom is -0.310 e. The molecule has 1 heteroatoms. The molecule has 0 amide bonds. The van der Waals surface area contributed by atoms with E-state index in [1.807, 2.05) is 0 Å². The minimum absolute atomic E-state index is 0.101. The van der Waals surface area contributed by atoms with Crippen molar-refractivity contribution < 1.29 is 0 Å². The molecule has 1 nitrogen and oxygen atoms in total. The van der Waals surface area contributed by atoms with Crippen molar-refractivity contribution in [3.05, 3.63) is 232 Å². The third kappa shape index (κ3) is 5.36. The van der Waals surface area contributed by atoms with Gasteiger partial charge in [0.1, 0.15) is 0 Å². The highest BCUT2D eigenvalue weighted by Gasteiger charge is 2.49. The molecule has 5 aliphatic rings. The van der Waals surface area contributed by atoms with Crippen LogP contribution in [0.2, 0.25) is 0 Å². The van der Waals surface area contributed by atoms with Crippen LogP contribution < -0.4 is 4.90 Å². The zero-order valence-corrected chi connectivity index (χ0v) is 33.5. The van der Waals surface area contributed by atoms with E-state index >= 15 is 0 Å². The summed E-state index contributed by atoms with van der Waals surface area (Å²) in [6, 6.07) is 44.0. The summed E-state index contributed by atoms with van der Waals surface area (Å²) in [5, 5.41) is 0. The molecule has 0 saturated carbocycles. The highest BCUT2D eigenvalue weighted by Crippen LogP contribution is 2.61. The standard InChI is InChI=1S/C56H49N/c1-5-38-37-56(47-27-16-13-24-44(47)45-25-14-17-28-48(45)56)49-29-18-15-26-46(49)53(38)51(6-2)57(43-34-32-40(33-35-43)39-20-9-7-8-10-21-39)52-31-19-30-50-54(52)41-22-11-12-23-42(36-41)55(50,3)4/h6-9,11-35H,5,10,36-37H2,1-4H3/b51-6+. The lowest BCUT2D eigenvalue weighted by Crippen LogP contribution is -2.33. The second-order valence-electron chi connectivity index (χ2n) is 16.6. The molecule has 0 fully saturated rings. The van der Waals surface area contributed by atoms with Gasteiger partial charge in [0.15, 0.2) is 0 Å². The summed E-state index contributed by atoms with van der Waals surface area (Å²) in [7, 11) is 0. The predicted molar refractivity (Wildman–Crippen MR) is 243 cm³/mol. The van der Waals surface area contributed by atoms with Gasteiger partial charge in [0.05, 0.1) is 11.1 Å². The molecule has 10 rings (SSSR count). The molecule has 0 saturated heterocycles. The third-order valence-corrected chi connectivity index (χ3v) is 13.4. The van der Waals surface area contributed by atoms with Crippen molar-refractivity contribution in [2.75, 3.05) is 4.90 Å². The molecule has 2 bridgehead atoms. The fraction of sp³-hybridized carbons (Fsp3) is 0.179. The van der Waals surface area contributed by atoms with Gasteiger partial charge < -0.3 is 4.90 Å². The number of rotatable bonds is 6. The Kier molecular flexibility index (Phi) is 8.52. The monoisotopic (exact) mass is 735 g/mol. The van der Waals surface area contributed by atoms with Crippen molar-refractivity contribution in [1.82, 2.24) is 0 Å². The number of allylic oxidation sites excluding steroid dienone is 15. The molecule has 1 spiro atoms. The molecule has 0 heterocycles. The Morgan fingerprint density at radius 2 is 1.33 bits per heavy atom. The molecular formula is C56H49N. The van der Waals surface area contributed by atoms with Crippen LogP contribution in [0.3, 0.4) is 0 Å². The van der Waals surface area contributed by atoms with Gasteiger partial charge in [-0.3, -0.25) is 0 Å². The molecule has 0 N–H and O–H groups in total. The van der Waals surface area contributed by atoms with Crippen molar-refractivity contribution >= 4 is 28.1 Å². The predicted octanol–water partition coefficient (Wildman–Crippen LogP) is 14.8. The van der Waals surface area contributed by atoms with E-state index < -0.39 is 0 Å². The zero-order valence-electron chi connectivity index (χ0n) is 33.5. The van der Waals surface area contributed by atoms with Gasteiger partial charge >= 0.3 is 0 Å².